The van der Waals surface area contributed by atoms with Crippen LogP contribution in [0.5, 0.6) is 11.5 Å². The smallest absolute Gasteiger partial charge is 0.243 e. The Morgan fingerprint density at radius 1 is 1.07 bits per heavy atom. The minimum atomic E-state index is -3.56. The number of hydrogen-bond donors (Lipinski definition) is 0. The van der Waals surface area contributed by atoms with Crippen molar-refractivity contribution in [1.29, 1.82) is 0 Å². The van der Waals surface area contributed by atoms with Gasteiger partial charge in [-0.2, -0.15) is 9.29 Å². The molecule has 8 nitrogen and oxygen atoms in total. The summed E-state index contributed by atoms with van der Waals surface area (Å²) in [6, 6.07) is 12.4. The van der Waals surface area contributed by atoms with Crippen molar-refractivity contribution in [1.82, 2.24) is 14.4 Å². The van der Waals surface area contributed by atoms with Gasteiger partial charge in [0, 0.05) is 18.7 Å². The number of rotatable bonds is 4. The van der Waals surface area contributed by atoms with Crippen LogP contribution >= 0.6 is 0 Å². The van der Waals surface area contributed by atoms with Gasteiger partial charge in [-0.25, -0.2) is 8.42 Å². The van der Waals surface area contributed by atoms with E-state index in [9.17, 15) is 8.42 Å². The lowest BCUT2D eigenvalue weighted by atomic mass is 10.00. The summed E-state index contributed by atoms with van der Waals surface area (Å²) in [7, 11) is -3.56. The van der Waals surface area contributed by atoms with E-state index in [1.165, 1.54) is 4.31 Å². The Balaban J connectivity index is 1.36. The van der Waals surface area contributed by atoms with Gasteiger partial charge in [-0.05, 0) is 50.1 Å². The lowest BCUT2D eigenvalue weighted by molar-refractivity contribution is 0.174. The monoisotopic (exact) mass is 427 g/mol. The number of aromatic nitrogens is 2. The summed E-state index contributed by atoms with van der Waals surface area (Å²) >= 11 is 0. The molecule has 0 aliphatic carbocycles. The highest BCUT2D eigenvalue weighted by molar-refractivity contribution is 7.89. The lowest BCUT2D eigenvalue weighted by Gasteiger charge is -2.30. The molecule has 1 fully saturated rings. The second-order valence-corrected chi connectivity index (χ2v) is 9.48. The van der Waals surface area contributed by atoms with Crippen molar-refractivity contribution in [3.63, 3.8) is 0 Å². The fourth-order valence-corrected chi connectivity index (χ4v) is 5.30. The highest BCUT2D eigenvalue weighted by atomic mass is 32.2. The van der Waals surface area contributed by atoms with Crippen LogP contribution in [0.4, 0.5) is 0 Å². The Morgan fingerprint density at radius 3 is 2.70 bits per heavy atom. The molecule has 3 heterocycles. The van der Waals surface area contributed by atoms with Gasteiger partial charge in [0.1, 0.15) is 0 Å². The van der Waals surface area contributed by atoms with Crippen LogP contribution in [-0.4, -0.2) is 42.7 Å². The molecule has 0 unspecified atom stereocenters. The normalized spacial score (nSPS) is 19.2. The lowest BCUT2D eigenvalue weighted by Crippen LogP contribution is -2.39. The topological polar surface area (TPSA) is 94.8 Å². The number of aryl methyl sites for hydroxylation is 1. The van der Waals surface area contributed by atoms with Gasteiger partial charge in [0.05, 0.1) is 10.8 Å². The van der Waals surface area contributed by atoms with E-state index in [1.807, 2.05) is 37.3 Å². The van der Waals surface area contributed by atoms with Crippen molar-refractivity contribution in [2.75, 3.05) is 19.9 Å². The number of sulfonamides is 1. The highest BCUT2D eigenvalue weighted by Crippen LogP contribution is 2.36. The van der Waals surface area contributed by atoms with Gasteiger partial charge in [-0.1, -0.05) is 22.9 Å². The van der Waals surface area contributed by atoms with E-state index in [-0.39, 0.29) is 12.7 Å². The molecule has 0 spiro atoms. The third kappa shape index (κ3) is 3.44. The molecule has 0 bridgehead atoms. The van der Waals surface area contributed by atoms with Crippen LogP contribution in [-0.2, 0) is 10.0 Å². The zero-order valence-electron chi connectivity index (χ0n) is 16.4. The Bertz CT molecular complexity index is 1170. The third-order valence-corrected chi connectivity index (χ3v) is 7.34. The second kappa shape index (κ2) is 7.41. The minimum Gasteiger partial charge on any atom is -0.454 e. The van der Waals surface area contributed by atoms with Gasteiger partial charge in [-0.15, -0.1) is 0 Å². The molecular weight excluding hydrogens is 406 g/mol. The molecule has 3 aromatic rings. The van der Waals surface area contributed by atoms with Crippen LogP contribution in [0, 0.1) is 6.92 Å². The van der Waals surface area contributed by atoms with E-state index in [2.05, 4.69) is 10.1 Å². The number of hydrogen-bond acceptors (Lipinski definition) is 7. The van der Waals surface area contributed by atoms with Crippen molar-refractivity contribution in [3.8, 4) is 22.9 Å². The fraction of sp³-hybridized carbons (Fsp3) is 0.333. The molecule has 5 rings (SSSR count). The van der Waals surface area contributed by atoms with Gasteiger partial charge in [-0.3, -0.25) is 0 Å². The molecule has 0 amide bonds. The molecule has 2 aliphatic heterocycles. The average Bonchev–Trinajstić information content (AvgIpc) is 3.43. The first-order valence-electron chi connectivity index (χ1n) is 9.81. The van der Waals surface area contributed by atoms with Crippen molar-refractivity contribution in [2.24, 2.45) is 0 Å². The van der Waals surface area contributed by atoms with E-state index in [1.54, 1.807) is 12.1 Å². The maximum absolute atomic E-state index is 13.0. The molecular formula is C21H21N3O5S. The number of nitrogens with zero attached hydrogens (tertiary/aromatic N) is 3. The van der Waals surface area contributed by atoms with Gasteiger partial charge < -0.3 is 14.0 Å². The summed E-state index contributed by atoms with van der Waals surface area (Å²) in [5.41, 5.74) is 1.78. The van der Waals surface area contributed by atoms with Crippen LogP contribution in [0.1, 0.15) is 30.2 Å². The predicted molar refractivity (Wildman–Crippen MR) is 108 cm³/mol. The van der Waals surface area contributed by atoms with Crippen molar-refractivity contribution in [2.45, 2.75) is 30.6 Å². The zero-order chi connectivity index (χ0) is 20.7. The molecule has 1 atom stereocenters. The summed E-state index contributed by atoms with van der Waals surface area (Å²) in [4.78, 5) is 4.84. The van der Waals surface area contributed by atoms with E-state index in [0.717, 1.165) is 24.0 Å². The molecule has 0 saturated carbocycles. The average molecular weight is 427 g/mol. The molecule has 2 aliphatic rings. The Kier molecular flexibility index (Phi) is 4.71. The van der Waals surface area contributed by atoms with Crippen LogP contribution in [0.25, 0.3) is 11.4 Å². The largest absolute Gasteiger partial charge is 0.454 e. The SMILES string of the molecule is Cc1ccc(S(=O)(=O)N2CCC[C@H](c3nc(-c4ccc5c(c4)OCO5)no3)C2)cc1. The molecule has 1 saturated heterocycles. The second-order valence-electron chi connectivity index (χ2n) is 7.54. The first kappa shape index (κ1) is 19.1. The fourth-order valence-electron chi connectivity index (χ4n) is 3.78. The minimum absolute atomic E-state index is 0.144. The summed E-state index contributed by atoms with van der Waals surface area (Å²) in [5.74, 6) is 2.08. The first-order chi connectivity index (χ1) is 14.5. The summed E-state index contributed by atoms with van der Waals surface area (Å²) < 4.78 is 43.8. The van der Waals surface area contributed by atoms with E-state index < -0.39 is 10.0 Å². The summed E-state index contributed by atoms with van der Waals surface area (Å²) in [6.45, 7) is 2.93. The Hall–Kier alpha value is -2.91. The quantitative estimate of drug-likeness (QED) is 0.630. The number of benzene rings is 2. The number of ether oxygens (including phenoxy) is 2. The van der Waals surface area contributed by atoms with Crippen molar-refractivity contribution >= 4 is 10.0 Å². The van der Waals surface area contributed by atoms with E-state index in [4.69, 9.17) is 14.0 Å². The van der Waals surface area contributed by atoms with E-state index in [0.29, 0.717) is 41.2 Å². The van der Waals surface area contributed by atoms with Gasteiger partial charge >= 0.3 is 0 Å². The van der Waals surface area contributed by atoms with Crippen LogP contribution in [0.2, 0.25) is 0 Å². The van der Waals surface area contributed by atoms with E-state index >= 15 is 0 Å². The van der Waals surface area contributed by atoms with Crippen molar-refractivity contribution < 1.29 is 22.4 Å². The summed E-state index contributed by atoms with van der Waals surface area (Å²) in [6.07, 6.45) is 1.53. The maximum Gasteiger partial charge on any atom is 0.243 e. The zero-order valence-corrected chi connectivity index (χ0v) is 17.3. The Labute approximate surface area is 174 Å². The molecule has 30 heavy (non-hydrogen) atoms. The molecule has 0 radical (unpaired) electrons. The highest BCUT2D eigenvalue weighted by Gasteiger charge is 2.33. The molecule has 156 valence electrons. The molecule has 2 aromatic carbocycles. The first-order valence-corrected chi connectivity index (χ1v) is 11.3. The van der Waals surface area contributed by atoms with Crippen LogP contribution in [0.3, 0.4) is 0 Å². The third-order valence-electron chi connectivity index (χ3n) is 5.46. The van der Waals surface area contributed by atoms with Gasteiger partial charge in [0.25, 0.3) is 0 Å². The van der Waals surface area contributed by atoms with Crippen LogP contribution in [0.15, 0.2) is 51.9 Å². The maximum atomic E-state index is 13.0. The molecule has 0 N–H and O–H groups in total. The van der Waals surface area contributed by atoms with Crippen LogP contribution < -0.4 is 9.47 Å². The number of fused-ring (bicyclic) bond motifs is 1. The van der Waals surface area contributed by atoms with Gasteiger partial charge in [0.15, 0.2) is 11.5 Å². The standard InChI is InChI=1S/C21H21N3O5S/c1-14-4-7-17(8-5-14)30(25,26)24-10-2-3-16(12-24)21-22-20(23-29-21)15-6-9-18-19(11-15)28-13-27-18/h4-9,11,16H,2-3,10,12-13H2,1H3/t16-/m0/s1. The van der Waals surface area contributed by atoms with Gasteiger partial charge in [0.2, 0.25) is 28.5 Å². The van der Waals surface area contributed by atoms with Crippen molar-refractivity contribution in [3.05, 3.63) is 53.9 Å². The summed E-state index contributed by atoms with van der Waals surface area (Å²) in [5, 5.41) is 4.09. The molecule has 1 aromatic heterocycles. The molecule has 9 heteroatoms. The Morgan fingerprint density at radius 2 is 1.87 bits per heavy atom. The number of piperidine rings is 1. The predicted octanol–water partition coefficient (Wildman–Crippen LogP) is 3.34.